The van der Waals surface area contributed by atoms with Crippen LogP contribution in [0, 0.1) is 12.3 Å². The van der Waals surface area contributed by atoms with E-state index in [1.54, 1.807) is 12.6 Å². The van der Waals surface area contributed by atoms with Crippen LogP contribution in [-0.4, -0.2) is 28.9 Å². The van der Waals surface area contributed by atoms with Gasteiger partial charge in [-0.25, -0.2) is 4.98 Å². The van der Waals surface area contributed by atoms with Crippen LogP contribution in [0.3, 0.4) is 0 Å². The van der Waals surface area contributed by atoms with E-state index in [9.17, 15) is 4.79 Å². The molecule has 4 nitrogen and oxygen atoms in total. The molecule has 1 aromatic heterocycles. The molecule has 2 N–H and O–H groups in total. The molecule has 1 atom stereocenters. The van der Waals surface area contributed by atoms with Gasteiger partial charge in [-0.05, 0) is 0 Å². The van der Waals surface area contributed by atoms with Gasteiger partial charge in [0.15, 0.2) is 0 Å². The van der Waals surface area contributed by atoms with Crippen molar-refractivity contribution in [2.75, 3.05) is 7.05 Å². The Morgan fingerprint density at radius 3 is 3.13 bits per heavy atom. The SMILES string of the molecule is C#CCC(N)C(=O)N(C)Cc1cscn1. The lowest BCUT2D eigenvalue weighted by molar-refractivity contribution is -0.131. The number of amides is 1. The van der Waals surface area contributed by atoms with E-state index in [2.05, 4.69) is 10.9 Å². The highest BCUT2D eigenvalue weighted by molar-refractivity contribution is 7.07. The molecule has 1 rings (SSSR count). The van der Waals surface area contributed by atoms with Crippen molar-refractivity contribution in [1.82, 2.24) is 9.88 Å². The summed E-state index contributed by atoms with van der Waals surface area (Å²) in [5.41, 5.74) is 8.20. The molecule has 5 heteroatoms. The Hall–Kier alpha value is -1.38. The summed E-state index contributed by atoms with van der Waals surface area (Å²) < 4.78 is 0. The summed E-state index contributed by atoms with van der Waals surface area (Å²) in [6, 6.07) is -0.612. The Morgan fingerprint density at radius 1 is 1.87 bits per heavy atom. The van der Waals surface area contributed by atoms with Gasteiger partial charge in [-0.3, -0.25) is 4.79 Å². The minimum absolute atomic E-state index is 0.152. The van der Waals surface area contributed by atoms with Crippen LogP contribution in [-0.2, 0) is 11.3 Å². The maximum atomic E-state index is 11.6. The first-order valence-corrected chi connectivity index (χ1v) is 5.40. The van der Waals surface area contributed by atoms with E-state index in [0.717, 1.165) is 5.69 Å². The third-order valence-corrected chi connectivity index (χ3v) is 2.55. The molecule has 1 aromatic rings. The van der Waals surface area contributed by atoms with Gasteiger partial charge in [-0.1, -0.05) is 0 Å². The molecule has 0 fully saturated rings. The van der Waals surface area contributed by atoms with Gasteiger partial charge in [-0.2, -0.15) is 0 Å². The zero-order valence-electron chi connectivity index (χ0n) is 8.51. The van der Waals surface area contributed by atoms with Crippen LogP contribution in [0.4, 0.5) is 0 Å². The topological polar surface area (TPSA) is 59.2 Å². The maximum Gasteiger partial charge on any atom is 0.240 e. The maximum absolute atomic E-state index is 11.6. The lowest BCUT2D eigenvalue weighted by Gasteiger charge is -2.19. The lowest BCUT2D eigenvalue weighted by atomic mass is 10.2. The van der Waals surface area contributed by atoms with Crippen LogP contribution < -0.4 is 5.73 Å². The molecule has 0 aliphatic heterocycles. The minimum atomic E-state index is -0.612. The van der Waals surface area contributed by atoms with Gasteiger partial charge < -0.3 is 10.6 Å². The molecule has 15 heavy (non-hydrogen) atoms. The number of nitrogens with zero attached hydrogens (tertiary/aromatic N) is 2. The molecule has 0 spiro atoms. The summed E-state index contributed by atoms with van der Waals surface area (Å²) in [6.07, 6.45) is 5.36. The highest BCUT2D eigenvalue weighted by Gasteiger charge is 2.17. The Labute approximate surface area is 93.1 Å². The van der Waals surface area contributed by atoms with E-state index >= 15 is 0 Å². The number of thiazole rings is 1. The van der Waals surface area contributed by atoms with Gasteiger partial charge in [0, 0.05) is 18.8 Å². The molecule has 0 aliphatic carbocycles. The van der Waals surface area contributed by atoms with Crippen molar-refractivity contribution in [1.29, 1.82) is 0 Å². The van der Waals surface area contributed by atoms with Crippen molar-refractivity contribution in [3.05, 3.63) is 16.6 Å². The molecular formula is C10H13N3OS. The fraction of sp³-hybridized carbons (Fsp3) is 0.400. The molecule has 0 aromatic carbocycles. The van der Waals surface area contributed by atoms with Gasteiger partial charge >= 0.3 is 0 Å². The zero-order valence-corrected chi connectivity index (χ0v) is 9.33. The number of carbonyl (C=O) groups is 1. The normalized spacial score (nSPS) is 11.8. The van der Waals surface area contributed by atoms with Gasteiger partial charge in [-0.15, -0.1) is 23.7 Å². The van der Waals surface area contributed by atoms with Crippen LogP contribution in [0.1, 0.15) is 12.1 Å². The predicted octanol–water partition coefficient (Wildman–Crippen LogP) is 0.452. The average Bonchev–Trinajstić information content (AvgIpc) is 2.69. The fourth-order valence-electron chi connectivity index (χ4n) is 1.13. The van der Waals surface area contributed by atoms with Gasteiger partial charge in [0.1, 0.15) is 0 Å². The lowest BCUT2D eigenvalue weighted by Crippen LogP contribution is -2.41. The van der Waals surface area contributed by atoms with E-state index < -0.39 is 6.04 Å². The fourth-order valence-corrected chi connectivity index (χ4v) is 1.68. The van der Waals surface area contributed by atoms with Crippen molar-refractivity contribution in [2.45, 2.75) is 19.0 Å². The molecule has 1 unspecified atom stereocenters. The summed E-state index contributed by atoms with van der Waals surface area (Å²) in [7, 11) is 1.69. The van der Waals surface area contributed by atoms with Crippen molar-refractivity contribution >= 4 is 17.2 Å². The second-order valence-corrected chi connectivity index (χ2v) is 3.91. The summed E-state index contributed by atoms with van der Waals surface area (Å²) in [5, 5.41) is 1.90. The smallest absolute Gasteiger partial charge is 0.240 e. The third kappa shape index (κ3) is 3.35. The molecule has 0 saturated heterocycles. The number of carbonyl (C=O) groups excluding carboxylic acids is 1. The van der Waals surface area contributed by atoms with E-state index in [1.807, 2.05) is 5.38 Å². The summed E-state index contributed by atoms with van der Waals surface area (Å²) in [6.45, 7) is 0.473. The van der Waals surface area contributed by atoms with Crippen molar-refractivity contribution in [3.63, 3.8) is 0 Å². The Morgan fingerprint density at radius 2 is 2.60 bits per heavy atom. The molecule has 0 aliphatic rings. The molecule has 0 radical (unpaired) electrons. The van der Waals surface area contributed by atoms with Crippen LogP contribution >= 0.6 is 11.3 Å². The van der Waals surface area contributed by atoms with E-state index in [4.69, 9.17) is 12.2 Å². The van der Waals surface area contributed by atoms with Crippen LogP contribution in [0.15, 0.2) is 10.9 Å². The Bertz CT molecular complexity index is 355. The minimum Gasteiger partial charge on any atom is -0.338 e. The number of aromatic nitrogens is 1. The number of hydrogen-bond acceptors (Lipinski definition) is 4. The first-order chi connectivity index (χ1) is 7.15. The number of terminal acetylenes is 1. The third-order valence-electron chi connectivity index (χ3n) is 1.91. The number of rotatable bonds is 4. The Balaban J connectivity index is 2.50. The highest BCUT2D eigenvalue weighted by Crippen LogP contribution is 2.05. The first kappa shape index (κ1) is 11.7. The zero-order chi connectivity index (χ0) is 11.3. The Kier molecular flexibility index (Phi) is 4.28. The second kappa shape index (κ2) is 5.49. The van der Waals surface area contributed by atoms with Crippen LogP contribution in [0.5, 0.6) is 0 Å². The van der Waals surface area contributed by atoms with Crippen LogP contribution in [0.2, 0.25) is 0 Å². The average molecular weight is 223 g/mol. The molecular weight excluding hydrogens is 210 g/mol. The quantitative estimate of drug-likeness (QED) is 0.754. The molecule has 80 valence electrons. The standard InChI is InChI=1S/C10H13N3OS/c1-3-4-9(11)10(14)13(2)5-8-6-15-7-12-8/h1,6-7,9H,4-5,11H2,2H3. The van der Waals surface area contributed by atoms with E-state index in [1.165, 1.54) is 16.2 Å². The van der Waals surface area contributed by atoms with Crippen molar-refractivity contribution < 1.29 is 4.79 Å². The van der Waals surface area contributed by atoms with E-state index in [-0.39, 0.29) is 12.3 Å². The molecule has 0 bridgehead atoms. The summed E-state index contributed by atoms with van der Waals surface area (Å²) >= 11 is 1.50. The molecule has 1 heterocycles. The van der Waals surface area contributed by atoms with Crippen molar-refractivity contribution in [3.8, 4) is 12.3 Å². The monoisotopic (exact) mass is 223 g/mol. The van der Waals surface area contributed by atoms with Gasteiger partial charge in [0.05, 0.1) is 23.8 Å². The largest absolute Gasteiger partial charge is 0.338 e. The van der Waals surface area contributed by atoms with Gasteiger partial charge in [0.25, 0.3) is 0 Å². The molecule has 0 saturated carbocycles. The summed E-state index contributed by atoms with van der Waals surface area (Å²) in [4.78, 5) is 17.3. The summed E-state index contributed by atoms with van der Waals surface area (Å²) in [5.74, 6) is 2.22. The number of nitrogens with two attached hydrogens (primary N) is 1. The highest BCUT2D eigenvalue weighted by atomic mass is 32.1. The first-order valence-electron chi connectivity index (χ1n) is 4.46. The van der Waals surface area contributed by atoms with E-state index in [0.29, 0.717) is 6.54 Å². The molecule has 1 amide bonds. The second-order valence-electron chi connectivity index (χ2n) is 3.19. The van der Waals surface area contributed by atoms with Gasteiger partial charge in [0.2, 0.25) is 5.91 Å². The van der Waals surface area contributed by atoms with Crippen LogP contribution in [0.25, 0.3) is 0 Å². The van der Waals surface area contributed by atoms with Crippen molar-refractivity contribution in [2.24, 2.45) is 5.73 Å². The number of hydrogen-bond donors (Lipinski definition) is 1. The number of likely N-dealkylation sites (N-methyl/N-ethyl adjacent to an activating group) is 1. The predicted molar refractivity (Wildman–Crippen MR) is 60.0 cm³/mol.